The predicted molar refractivity (Wildman–Crippen MR) is 225 cm³/mol. The standard InChI is InChI=1S/C26H29N.C19H16.2C2H6/c1-7-10-11-13-21(6)25-17-23(22(9-3)12-8-2)18-26(27-25)24-15-19(4)14-20(5)16-24;1-15-12-18(16-8-4-2-5-9-16)14-19(13-15)17-10-6-3-7-11-17;2*1-2/h7-18H,6H2,1-5H3;2-14H,1H3;2*1-2H3/b10-7-,12-8-,13-11-,22-9+;;;. The number of benzene rings is 4. The van der Waals surface area contributed by atoms with E-state index in [1.165, 1.54) is 44.5 Å². The maximum atomic E-state index is 4.92. The lowest BCUT2D eigenvalue weighted by Crippen LogP contribution is -1.95. The fourth-order valence-corrected chi connectivity index (χ4v) is 5.42. The Bertz CT molecular complexity index is 1810. The zero-order valence-corrected chi connectivity index (χ0v) is 32.1. The molecule has 0 unspecified atom stereocenters. The Balaban J connectivity index is 0.000000329. The van der Waals surface area contributed by atoms with Crippen LogP contribution in [0.1, 0.15) is 76.4 Å². The Morgan fingerprint density at radius 1 is 0.520 bits per heavy atom. The van der Waals surface area contributed by atoms with Gasteiger partial charge in [0.05, 0.1) is 11.4 Å². The summed E-state index contributed by atoms with van der Waals surface area (Å²) in [7, 11) is 0. The van der Waals surface area contributed by atoms with Gasteiger partial charge in [-0.1, -0.05) is 167 Å². The highest BCUT2D eigenvalue weighted by Gasteiger charge is 2.10. The highest BCUT2D eigenvalue weighted by molar-refractivity contribution is 5.81. The molecule has 0 fully saturated rings. The molecule has 5 rings (SSSR count). The average molecular weight is 660 g/mol. The van der Waals surface area contributed by atoms with E-state index in [-0.39, 0.29) is 0 Å². The van der Waals surface area contributed by atoms with Crippen molar-refractivity contribution in [1.29, 1.82) is 0 Å². The SMILES string of the molecule is C=C(/C=C\C=C/C)c1cc(C(/C=C\C)=C/C)cc(-c2cc(C)cc(C)c2)n1.CC.CC.Cc1cc(-c2ccccc2)cc(-c2ccccc2)c1. The molecule has 258 valence electrons. The molecule has 0 spiro atoms. The van der Waals surface area contributed by atoms with Crippen molar-refractivity contribution in [2.75, 3.05) is 0 Å². The molecule has 0 amide bonds. The molecule has 0 aliphatic carbocycles. The van der Waals surface area contributed by atoms with E-state index in [2.05, 4.69) is 162 Å². The topological polar surface area (TPSA) is 12.9 Å². The van der Waals surface area contributed by atoms with E-state index in [1.54, 1.807) is 0 Å². The van der Waals surface area contributed by atoms with Crippen molar-refractivity contribution in [3.63, 3.8) is 0 Å². The first kappa shape index (κ1) is 40.9. The molecular weight excluding hydrogens is 603 g/mol. The maximum absolute atomic E-state index is 4.92. The van der Waals surface area contributed by atoms with Gasteiger partial charge in [0.25, 0.3) is 0 Å². The minimum absolute atomic E-state index is 0.895. The molecule has 0 N–H and O–H groups in total. The second kappa shape index (κ2) is 22.4. The molecular formula is C49H57N. The van der Waals surface area contributed by atoms with Crippen molar-refractivity contribution in [2.45, 2.75) is 69.2 Å². The highest BCUT2D eigenvalue weighted by atomic mass is 14.7. The third kappa shape index (κ3) is 12.6. The van der Waals surface area contributed by atoms with E-state index in [0.717, 1.165) is 28.1 Å². The van der Waals surface area contributed by atoms with Crippen LogP contribution in [0.4, 0.5) is 0 Å². The van der Waals surface area contributed by atoms with Gasteiger partial charge >= 0.3 is 0 Å². The molecule has 1 heterocycles. The van der Waals surface area contributed by atoms with Crippen LogP contribution in [-0.2, 0) is 0 Å². The molecule has 1 aromatic heterocycles. The van der Waals surface area contributed by atoms with E-state index >= 15 is 0 Å². The number of aromatic nitrogens is 1. The zero-order valence-electron chi connectivity index (χ0n) is 32.1. The number of rotatable bonds is 8. The fourth-order valence-electron chi connectivity index (χ4n) is 5.42. The molecule has 50 heavy (non-hydrogen) atoms. The molecule has 4 aromatic carbocycles. The van der Waals surface area contributed by atoms with Gasteiger partial charge in [0.1, 0.15) is 0 Å². The molecule has 0 aliphatic rings. The summed E-state index contributed by atoms with van der Waals surface area (Å²) >= 11 is 0. The van der Waals surface area contributed by atoms with Gasteiger partial charge in [-0.2, -0.15) is 0 Å². The van der Waals surface area contributed by atoms with Crippen LogP contribution >= 0.6 is 0 Å². The number of aryl methyl sites for hydroxylation is 3. The summed E-state index contributed by atoms with van der Waals surface area (Å²) in [5, 5.41) is 0. The first-order valence-corrected chi connectivity index (χ1v) is 17.9. The normalized spacial score (nSPS) is 11.0. The van der Waals surface area contributed by atoms with Crippen LogP contribution in [-0.4, -0.2) is 4.98 Å². The number of allylic oxidation sites excluding steroid dienone is 9. The second-order valence-electron chi connectivity index (χ2n) is 11.5. The van der Waals surface area contributed by atoms with Gasteiger partial charge in [0, 0.05) is 5.56 Å². The van der Waals surface area contributed by atoms with Gasteiger partial charge in [-0.15, -0.1) is 0 Å². The summed E-state index contributed by atoms with van der Waals surface area (Å²) in [5.74, 6) is 0. The van der Waals surface area contributed by atoms with Crippen LogP contribution in [0.25, 0.3) is 44.7 Å². The van der Waals surface area contributed by atoms with Crippen molar-refractivity contribution in [3.8, 4) is 33.5 Å². The van der Waals surface area contributed by atoms with Crippen molar-refractivity contribution < 1.29 is 0 Å². The molecule has 0 bridgehead atoms. The van der Waals surface area contributed by atoms with E-state index < -0.39 is 0 Å². The Kier molecular flexibility index (Phi) is 18.3. The Hall–Kier alpha value is -5.27. The van der Waals surface area contributed by atoms with Gasteiger partial charge in [0.15, 0.2) is 0 Å². The second-order valence-corrected chi connectivity index (χ2v) is 11.5. The van der Waals surface area contributed by atoms with Crippen LogP contribution in [0, 0.1) is 20.8 Å². The van der Waals surface area contributed by atoms with Crippen LogP contribution in [0.15, 0.2) is 158 Å². The van der Waals surface area contributed by atoms with Gasteiger partial charge in [-0.05, 0) is 116 Å². The predicted octanol–water partition coefficient (Wildman–Crippen LogP) is 14.9. The van der Waals surface area contributed by atoms with Crippen molar-refractivity contribution in [1.82, 2.24) is 4.98 Å². The summed E-state index contributed by atoms with van der Waals surface area (Å²) in [6, 6.07) is 38.6. The van der Waals surface area contributed by atoms with Gasteiger partial charge in [0.2, 0.25) is 0 Å². The lowest BCUT2D eigenvalue weighted by Gasteiger charge is -2.12. The van der Waals surface area contributed by atoms with Crippen LogP contribution in [0.5, 0.6) is 0 Å². The minimum atomic E-state index is 0.895. The molecule has 0 atom stereocenters. The lowest BCUT2D eigenvalue weighted by molar-refractivity contribution is 1.26. The molecule has 0 aliphatic heterocycles. The molecule has 0 radical (unpaired) electrons. The van der Waals surface area contributed by atoms with Crippen LogP contribution < -0.4 is 0 Å². The quantitative estimate of drug-likeness (QED) is 0.151. The molecule has 0 saturated heterocycles. The molecule has 1 nitrogen and oxygen atoms in total. The van der Waals surface area contributed by atoms with Gasteiger partial charge < -0.3 is 0 Å². The smallest absolute Gasteiger partial charge is 0.0715 e. The molecule has 1 heteroatoms. The van der Waals surface area contributed by atoms with Crippen LogP contribution in [0.3, 0.4) is 0 Å². The Morgan fingerprint density at radius 3 is 1.50 bits per heavy atom. The van der Waals surface area contributed by atoms with Gasteiger partial charge in [-0.25, -0.2) is 4.98 Å². The van der Waals surface area contributed by atoms with Gasteiger partial charge in [-0.3, -0.25) is 0 Å². The molecule has 5 aromatic rings. The van der Waals surface area contributed by atoms with E-state index in [0.29, 0.717) is 0 Å². The third-order valence-corrected chi connectivity index (χ3v) is 7.55. The maximum Gasteiger partial charge on any atom is 0.0715 e. The van der Waals surface area contributed by atoms with Crippen molar-refractivity contribution >= 4 is 11.1 Å². The number of hydrogen-bond acceptors (Lipinski definition) is 1. The third-order valence-electron chi connectivity index (χ3n) is 7.55. The Labute approximate surface area is 304 Å². The summed E-state index contributed by atoms with van der Waals surface area (Å²) in [5.41, 5.74) is 15.1. The monoisotopic (exact) mass is 659 g/mol. The Morgan fingerprint density at radius 2 is 1.02 bits per heavy atom. The van der Waals surface area contributed by atoms with Crippen molar-refractivity contribution in [2.24, 2.45) is 0 Å². The summed E-state index contributed by atoms with van der Waals surface area (Å²) in [6.07, 6.45) is 14.3. The number of nitrogens with zero attached hydrogens (tertiary/aromatic N) is 1. The molecule has 0 saturated carbocycles. The van der Waals surface area contributed by atoms with E-state index in [1.807, 2.05) is 65.8 Å². The number of hydrogen-bond donors (Lipinski definition) is 0. The summed E-state index contributed by atoms with van der Waals surface area (Å²) in [4.78, 5) is 4.92. The summed E-state index contributed by atoms with van der Waals surface area (Å²) in [6.45, 7) is 24.7. The largest absolute Gasteiger partial charge is 0.248 e. The average Bonchev–Trinajstić information content (AvgIpc) is 3.15. The minimum Gasteiger partial charge on any atom is -0.248 e. The number of pyridine rings is 1. The zero-order chi connectivity index (χ0) is 36.9. The van der Waals surface area contributed by atoms with Crippen molar-refractivity contribution in [3.05, 3.63) is 186 Å². The fraction of sp³-hybridized carbons (Fsp3) is 0.204. The van der Waals surface area contributed by atoms with Crippen LogP contribution in [0.2, 0.25) is 0 Å². The first-order valence-electron chi connectivity index (χ1n) is 17.9. The highest BCUT2D eigenvalue weighted by Crippen LogP contribution is 2.29. The van der Waals surface area contributed by atoms with E-state index in [4.69, 9.17) is 4.98 Å². The van der Waals surface area contributed by atoms with E-state index in [9.17, 15) is 0 Å². The summed E-state index contributed by atoms with van der Waals surface area (Å²) < 4.78 is 0. The lowest BCUT2D eigenvalue weighted by atomic mass is 9.97. The first-order chi connectivity index (χ1) is 24.3.